The van der Waals surface area contributed by atoms with E-state index in [2.05, 4.69) is 15.0 Å². The zero-order chi connectivity index (χ0) is 12.3. The number of hydrogen-bond donors (Lipinski definition) is 2. The summed E-state index contributed by atoms with van der Waals surface area (Å²) >= 11 is 1.17. The molecule has 17 heavy (non-hydrogen) atoms. The second kappa shape index (κ2) is 4.79. The van der Waals surface area contributed by atoms with Crippen molar-refractivity contribution >= 4 is 23.4 Å². The molecule has 0 unspecified atom stereocenters. The number of aromatic nitrogens is 3. The average molecular weight is 248 g/mol. The van der Waals surface area contributed by atoms with Gasteiger partial charge in [0.15, 0.2) is 0 Å². The third-order valence-electron chi connectivity index (χ3n) is 1.92. The maximum absolute atomic E-state index is 10.9. The first-order chi connectivity index (χ1) is 8.18. The molecule has 3 N–H and O–H groups in total. The number of pyridine rings is 1. The summed E-state index contributed by atoms with van der Waals surface area (Å²) in [5.74, 6) is -1.08. The summed E-state index contributed by atoms with van der Waals surface area (Å²) in [4.78, 5) is 22.9. The Labute approximate surface area is 101 Å². The van der Waals surface area contributed by atoms with Gasteiger partial charge >= 0.3 is 5.97 Å². The van der Waals surface area contributed by atoms with Crippen molar-refractivity contribution < 1.29 is 9.90 Å². The molecule has 0 aliphatic carbocycles. The first-order valence-corrected chi connectivity index (χ1v) is 5.42. The first-order valence-electron chi connectivity index (χ1n) is 4.60. The number of hydrogen-bond acceptors (Lipinski definition) is 6. The van der Waals surface area contributed by atoms with E-state index in [-0.39, 0.29) is 11.3 Å². The summed E-state index contributed by atoms with van der Waals surface area (Å²) in [7, 11) is 0. The topological polar surface area (TPSA) is 102 Å². The summed E-state index contributed by atoms with van der Waals surface area (Å²) < 4.78 is 0. The highest BCUT2D eigenvalue weighted by atomic mass is 32.2. The molecule has 0 spiro atoms. The fourth-order valence-electron chi connectivity index (χ4n) is 1.16. The van der Waals surface area contributed by atoms with E-state index in [0.717, 1.165) is 0 Å². The van der Waals surface area contributed by atoms with Crippen LogP contribution in [0.5, 0.6) is 0 Å². The van der Waals surface area contributed by atoms with Gasteiger partial charge in [0.05, 0.1) is 17.4 Å². The predicted octanol–water partition coefficient (Wildman–Crippen LogP) is 1.30. The van der Waals surface area contributed by atoms with Gasteiger partial charge in [0.2, 0.25) is 0 Å². The molecule has 86 valence electrons. The molecule has 0 bridgehead atoms. The quantitative estimate of drug-likeness (QED) is 0.843. The van der Waals surface area contributed by atoms with Crippen molar-refractivity contribution in [1.82, 2.24) is 15.0 Å². The fourth-order valence-corrected chi connectivity index (χ4v) is 1.92. The molecule has 0 saturated heterocycles. The molecule has 2 rings (SSSR count). The van der Waals surface area contributed by atoms with E-state index in [1.165, 1.54) is 24.0 Å². The molecular weight excluding hydrogens is 240 g/mol. The smallest absolute Gasteiger partial charge is 0.337 e. The van der Waals surface area contributed by atoms with Gasteiger partial charge < -0.3 is 10.8 Å². The van der Waals surface area contributed by atoms with E-state index in [1.807, 2.05) is 0 Å². The number of anilines is 1. The molecule has 0 radical (unpaired) electrons. The Balaban J connectivity index is 2.34. The minimum Gasteiger partial charge on any atom is -0.478 e. The lowest BCUT2D eigenvalue weighted by molar-refractivity contribution is 0.0697. The van der Waals surface area contributed by atoms with E-state index in [1.54, 1.807) is 18.6 Å². The van der Waals surface area contributed by atoms with Crippen LogP contribution in [0.2, 0.25) is 0 Å². The van der Waals surface area contributed by atoms with E-state index in [0.29, 0.717) is 10.1 Å². The molecular formula is C10H8N4O2S. The Hall–Kier alpha value is -2.15. The van der Waals surface area contributed by atoms with Crippen molar-refractivity contribution in [3.8, 4) is 0 Å². The largest absolute Gasteiger partial charge is 0.478 e. The lowest BCUT2D eigenvalue weighted by Crippen LogP contribution is -2.04. The van der Waals surface area contributed by atoms with Gasteiger partial charge in [-0.05, 0) is 17.8 Å². The van der Waals surface area contributed by atoms with Crippen molar-refractivity contribution in [2.45, 2.75) is 10.1 Å². The molecule has 0 saturated carbocycles. The first kappa shape index (κ1) is 11.3. The highest BCUT2D eigenvalue weighted by Gasteiger charge is 2.13. The fraction of sp³-hybridized carbons (Fsp3) is 0. The highest BCUT2D eigenvalue weighted by Crippen LogP contribution is 2.29. The number of carboxylic acids is 1. The van der Waals surface area contributed by atoms with Crippen LogP contribution in [-0.2, 0) is 0 Å². The third-order valence-corrected chi connectivity index (χ3v) is 2.86. The maximum atomic E-state index is 10.9. The summed E-state index contributed by atoms with van der Waals surface area (Å²) in [5.41, 5.74) is 5.89. The van der Waals surface area contributed by atoms with Crippen LogP contribution in [0.4, 0.5) is 5.69 Å². The molecule has 0 aliphatic heterocycles. The molecule has 2 heterocycles. The van der Waals surface area contributed by atoms with Gasteiger partial charge in [-0.15, -0.1) is 0 Å². The van der Waals surface area contributed by atoms with Crippen molar-refractivity contribution in [1.29, 1.82) is 0 Å². The Morgan fingerprint density at radius 2 is 2.12 bits per heavy atom. The molecule has 2 aromatic heterocycles. The molecule has 0 fully saturated rings. The van der Waals surface area contributed by atoms with Gasteiger partial charge in [0.1, 0.15) is 10.1 Å². The molecule has 0 aromatic carbocycles. The van der Waals surface area contributed by atoms with Crippen LogP contribution in [0.1, 0.15) is 10.4 Å². The van der Waals surface area contributed by atoms with E-state index in [4.69, 9.17) is 10.8 Å². The number of nitrogen functional groups attached to an aromatic ring is 1. The number of nitrogens with two attached hydrogens (primary N) is 1. The standard InChI is InChI=1S/C10H8N4O2S/c11-8-6(10(15)16)1-2-14-9(8)17-7-5-12-3-4-13-7/h1-5H,11H2,(H,15,16). The molecule has 6 nitrogen and oxygen atoms in total. The van der Waals surface area contributed by atoms with Gasteiger partial charge in [-0.3, -0.25) is 4.98 Å². The number of rotatable bonds is 3. The highest BCUT2D eigenvalue weighted by molar-refractivity contribution is 7.99. The van der Waals surface area contributed by atoms with Crippen LogP contribution in [0, 0.1) is 0 Å². The summed E-state index contributed by atoms with van der Waals surface area (Å²) in [6.45, 7) is 0. The predicted molar refractivity (Wildman–Crippen MR) is 61.8 cm³/mol. The Kier molecular flexibility index (Phi) is 3.20. The lowest BCUT2D eigenvalue weighted by atomic mass is 10.2. The van der Waals surface area contributed by atoms with Gasteiger partial charge in [0.25, 0.3) is 0 Å². The Morgan fingerprint density at radius 3 is 2.76 bits per heavy atom. The van der Waals surface area contributed by atoms with Crippen molar-refractivity contribution in [2.24, 2.45) is 0 Å². The molecule has 0 aliphatic rings. The van der Waals surface area contributed by atoms with Crippen molar-refractivity contribution in [2.75, 3.05) is 5.73 Å². The minimum atomic E-state index is -1.08. The van der Waals surface area contributed by atoms with Gasteiger partial charge in [-0.25, -0.2) is 14.8 Å². The van der Waals surface area contributed by atoms with Crippen molar-refractivity contribution in [3.63, 3.8) is 0 Å². The van der Waals surface area contributed by atoms with E-state index >= 15 is 0 Å². The second-order valence-corrected chi connectivity index (χ2v) is 4.04. The van der Waals surface area contributed by atoms with Crippen LogP contribution in [0.3, 0.4) is 0 Å². The van der Waals surface area contributed by atoms with Gasteiger partial charge in [-0.1, -0.05) is 0 Å². The monoisotopic (exact) mass is 248 g/mol. The Morgan fingerprint density at radius 1 is 1.29 bits per heavy atom. The summed E-state index contributed by atoms with van der Waals surface area (Å²) in [6, 6.07) is 1.36. The molecule has 2 aromatic rings. The van der Waals surface area contributed by atoms with E-state index < -0.39 is 5.97 Å². The molecule has 0 atom stereocenters. The van der Waals surface area contributed by atoms with Crippen LogP contribution in [-0.4, -0.2) is 26.0 Å². The van der Waals surface area contributed by atoms with Crippen LogP contribution < -0.4 is 5.73 Å². The normalized spacial score (nSPS) is 10.1. The molecule has 7 heteroatoms. The van der Waals surface area contributed by atoms with Crippen LogP contribution in [0.25, 0.3) is 0 Å². The summed E-state index contributed by atoms with van der Waals surface area (Å²) in [5, 5.41) is 9.92. The van der Waals surface area contributed by atoms with Crippen LogP contribution in [0.15, 0.2) is 40.9 Å². The third kappa shape index (κ3) is 2.51. The SMILES string of the molecule is Nc1c(C(=O)O)ccnc1Sc1cnccn1. The number of nitrogens with zero attached hydrogens (tertiary/aromatic N) is 3. The lowest BCUT2D eigenvalue weighted by Gasteiger charge is -2.05. The minimum absolute atomic E-state index is 0.0337. The maximum Gasteiger partial charge on any atom is 0.337 e. The van der Waals surface area contributed by atoms with E-state index in [9.17, 15) is 4.79 Å². The Bertz CT molecular complexity index is 547. The van der Waals surface area contributed by atoms with Crippen LogP contribution >= 0.6 is 11.8 Å². The molecule has 0 amide bonds. The summed E-state index contributed by atoms with van der Waals surface area (Å²) in [6.07, 6.45) is 6.05. The van der Waals surface area contributed by atoms with Crippen molar-refractivity contribution in [3.05, 3.63) is 36.4 Å². The van der Waals surface area contributed by atoms with Gasteiger partial charge in [-0.2, -0.15) is 0 Å². The number of carboxylic acid groups (broad SMARTS) is 1. The van der Waals surface area contributed by atoms with Gasteiger partial charge in [0, 0.05) is 18.6 Å². The second-order valence-electron chi connectivity index (χ2n) is 3.03. The number of aromatic carboxylic acids is 1. The average Bonchev–Trinajstić information content (AvgIpc) is 2.33. The zero-order valence-corrected chi connectivity index (χ0v) is 9.39. The number of carbonyl (C=O) groups is 1. The zero-order valence-electron chi connectivity index (χ0n) is 8.57.